The number of fused-ring (bicyclic) bond motifs is 2. The van der Waals surface area contributed by atoms with E-state index in [1.165, 1.54) is 6.08 Å². The molecule has 2 rings (SSSR count). The Labute approximate surface area is 99.2 Å². The lowest BCUT2D eigenvalue weighted by Crippen LogP contribution is -2.33. The molecule has 0 spiro atoms. The average molecular weight is 289 g/mol. The Morgan fingerprint density at radius 1 is 1.41 bits per heavy atom. The molecule has 17 heavy (non-hydrogen) atoms. The molecule has 0 aliphatic carbocycles. The summed E-state index contributed by atoms with van der Waals surface area (Å²) in [5.41, 5.74) is -5.37. The summed E-state index contributed by atoms with van der Waals surface area (Å²) in [6, 6.07) is -0.0226. The van der Waals surface area contributed by atoms with Gasteiger partial charge in [-0.05, 0) is 18.9 Å². The summed E-state index contributed by atoms with van der Waals surface area (Å²) >= 11 is 0. The molecule has 3 unspecified atom stereocenters. The molecule has 9 heteroatoms. The number of halogens is 3. The second-order valence-electron chi connectivity index (χ2n) is 4.07. The van der Waals surface area contributed by atoms with Crippen molar-refractivity contribution in [3.05, 3.63) is 11.8 Å². The van der Waals surface area contributed by atoms with Gasteiger partial charge in [0, 0.05) is 18.5 Å². The van der Waals surface area contributed by atoms with E-state index in [0.29, 0.717) is 0 Å². The Hall–Kier alpha value is -0.330. The number of hydrogen-bond acceptors (Lipinski definition) is 4. The Bertz CT molecular complexity index is 447. The van der Waals surface area contributed by atoms with Gasteiger partial charge in [-0.25, -0.2) is 0 Å². The molecule has 1 fully saturated rings. The topological polar surface area (TPSA) is 46.6 Å². The second kappa shape index (κ2) is 4.10. The van der Waals surface area contributed by atoms with E-state index in [2.05, 4.69) is 13.6 Å². The van der Waals surface area contributed by atoms with E-state index in [0.717, 1.165) is 12.8 Å². The SMILES string of the molecule is O=S(=O)(OC1=CC2CCC(C1)N2P)C(F)(F)F. The molecular formula is C8H11F3NO3PS. The fourth-order valence-corrected chi connectivity index (χ4v) is 3.06. The highest BCUT2D eigenvalue weighted by molar-refractivity contribution is 7.87. The molecule has 0 aromatic rings. The van der Waals surface area contributed by atoms with Crippen LogP contribution in [0.4, 0.5) is 13.2 Å². The smallest absolute Gasteiger partial charge is 0.381 e. The standard InChI is InChI=1S/C8H11F3NO3PS/c9-8(10,11)17(13,14)15-7-3-5-1-2-6(4-7)12(5)16/h3,5-6H,1-2,4,16H2. The largest absolute Gasteiger partial charge is 0.534 e. The first-order chi connectivity index (χ1) is 7.71. The summed E-state index contributed by atoms with van der Waals surface area (Å²) in [6.45, 7) is 0. The molecule has 0 aromatic carbocycles. The highest BCUT2D eigenvalue weighted by atomic mass is 32.2. The van der Waals surface area contributed by atoms with Gasteiger partial charge in [0.05, 0.1) is 0 Å². The molecule has 4 nitrogen and oxygen atoms in total. The second-order valence-corrected chi connectivity index (χ2v) is 6.20. The fourth-order valence-electron chi connectivity index (χ4n) is 2.07. The Kier molecular flexibility index (Phi) is 3.16. The Balaban J connectivity index is 2.15. The van der Waals surface area contributed by atoms with E-state index in [4.69, 9.17) is 0 Å². The van der Waals surface area contributed by atoms with Gasteiger partial charge in [0.2, 0.25) is 0 Å². The first-order valence-corrected chi connectivity index (χ1v) is 6.87. The molecule has 0 aromatic heterocycles. The van der Waals surface area contributed by atoms with Gasteiger partial charge in [0.25, 0.3) is 0 Å². The Morgan fingerprint density at radius 3 is 2.59 bits per heavy atom. The third-order valence-electron chi connectivity index (χ3n) is 2.92. The molecular weight excluding hydrogens is 278 g/mol. The maximum atomic E-state index is 12.1. The molecule has 0 radical (unpaired) electrons. The lowest BCUT2D eigenvalue weighted by atomic mass is 10.1. The maximum Gasteiger partial charge on any atom is 0.534 e. The maximum absolute atomic E-state index is 12.1. The third-order valence-corrected chi connectivity index (χ3v) is 4.72. The molecule has 3 atom stereocenters. The zero-order chi connectivity index (χ0) is 12.8. The summed E-state index contributed by atoms with van der Waals surface area (Å²) in [7, 11) is -3.03. The fraction of sp³-hybridized carbons (Fsp3) is 0.750. The van der Waals surface area contributed by atoms with E-state index in [9.17, 15) is 21.6 Å². The van der Waals surface area contributed by atoms with Gasteiger partial charge < -0.3 is 4.18 Å². The van der Waals surface area contributed by atoms with Crippen molar-refractivity contribution in [3.63, 3.8) is 0 Å². The van der Waals surface area contributed by atoms with Crippen molar-refractivity contribution >= 4 is 19.5 Å². The van der Waals surface area contributed by atoms with Gasteiger partial charge in [-0.3, -0.25) is 4.67 Å². The predicted octanol–water partition coefficient (Wildman–Crippen LogP) is 1.76. The minimum absolute atomic E-state index is 0.0356. The van der Waals surface area contributed by atoms with Gasteiger partial charge >= 0.3 is 15.6 Å². The average Bonchev–Trinajstić information content (AvgIpc) is 2.42. The van der Waals surface area contributed by atoms with Crippen LogP contribution < -0.4 is 0 Å². The van der Waals surface area contributed by atoms with Crippen molar-refractivity contribution in [2.24, 2.45) is 0 Å². The molecule has 98 valence electrons. The molecule has 2 bridgehead atoms. The summed E-state index contributed by atoms with van der Waals surface area (Å²) in [6.07, 6.45) is 3.26. The minimum atomic E-state index is -5.53. The van der Waals surface area contributed by atoms with Gasteiger partial charge in [-0.1, -0.05) is 9.39 Å². The lowest BCUT2D eigenvalue weighted by Gasteiger charge is -2.29. The van der Waals surface area contributed by atoms with Crippen LogP contribution in [0.1, 0.15) is 19.3 Å². The summed E-state index contributed by atoms with van der Waals surface area (Å²) in [4.78, 5) is 0. The zero-order valence-electron chi connectivity index (χ0n) is 8.64. The monoisotopic (exact) mass is 289 g/mol. The Morgan fingerprint density at radius 2 is 2.06 bits per heavy atom. The van der Waals surface area contributed by atoms with Crippen molar-refractivity contribution in [1.29, 1.82) is 0 Å². The van der Waals surface area contributed by atoms with Crippen LogP contribution in [0, 0.1) is 0 Å². The van der Waals surface area contributed by atoms with Crippen LogP contribution in [0.2, 0.25) is 0 Å². The van der Waals surface area contributed by atoms with Crippen LogP contribution in [0.25, 0.3) is 0 Å². The zero-order valence-corrected chi connectivity index (χ0v) is 10.6. The summed E-state index contributed by atoms with van der Waals surface area (Å²) in [5, 5.41) is 0. The van der Waals surface area contributed by atoms with Gasteiger partial charge in [-0.2, -0.15) is 21.6 Å². The van der Waals surface area contributed by atoms with E-state index in [1.54, 1.807) is 0 Å². The molecule has 0 N–H and O–H groups in total. The van der Waals surface area contributed by atoms with Crippen LogP contribution >= 0.6 is 9.39 Å². The summed E-state index contributed by atoms with van der Waals surface area (Å²) < 4.78 is 64.1. The molecule has 0 amide bonds. The summed E-state index contributed by atoms with van der Waals surface area (Å²) in [5.74, 6) is -0.103. The molecule has 0 saturated carbocycles. The highest BCUT2D eigenvalue weighted by Crippen LogP contribution is 2.39. The molecule has 1 saturated heterocycles. The number of rotatable bonds is 2. The van der Waals surface area contributed by atoms with Crippen LogP contribution in [0.15, 0.2) is 11.8 Å². The van der Waals surface area contributed by atoms with Crippen molar-refractivity contribution in [2.75, 3.05) is 0 Å². The van der Waals surface area contributed by atoms with Gasteiger partial charge in [-0.15, -0.1) is 0 Å². The van der Waals surface area contributed by atoms with Gasteiger partial charge in [0.15, 0.2) is 0 Å². The first kappa shape index (κ1) is 13.1. The van der Waals surface area contributed by atoms with Crippen molar-refractivity contribution in [3.8, 4) is 0 Å². The van der Waals surface area contributed by atoms with Crippen molar-refractivity contribution in [2.45, 2.75) is 36.9 Å². The van der Waals surface area contributed by atoms with Crippen LogP contribution in [-0.4, -0.2) is 30.7 Å². The van der Waals surface area contributed by atoms with E-state index in [-0.39, 0.29) is 24.3 Å². The number of hydrogen-bond donors (Lipinski definition) is 0. The number of nitrogens with zero attached hydrogens (tertiary/aromatic N) is 1. The third kappa shape index (κ3) is 2.44. The lowest BCUT2D eigenvalue weighted by molar-refractivity contribution is -0.0525. The van der Waals surface area contributed by atoms with Crippen LogP contribution in [0.5, 0.6) is 0 Å². The van der Waals surface area contributed by atoms with E-state index >= 15 is 0 Å². The van der Waals surface area contributed by atoms with Crippen molar-refractivity contribution in [1.82, 2.24) is 4.67 Å². The number of alkyl halides is 3. The highest BCUT2D eigenvalue weighted by Gasteiger charge is 2.49. The normalized spacial score (nSPS) is 30.2. The van der Waals surface area contributed by atoms with E-state index < -0.39 is 15.6 Å². The molecule has 2 aliphatic heterocycles. The molecule has 2 heterocycles. The minimum Gasteiger partial charge on any atom is -0.381 e. The van der Waals surface area contributed by atoms with Crippen molar-refractivity contribution < 1.29 is 25.8 Å². The first-order valence-electron chi connectivity index (χ1n) is 4.95. The molecule has 2 aliphatic rings. The predicted molar refractivity (Wildman–Crippen MR) is 57.1 cm³/mol. The quantitative estimate of drug-likeness (QED) is 0.441. The van der Waals surface area contributed by atoms with Gasteiger partial charge in [0.1, 0.15) is 5.76 Å². The van der Waals surface area contributed by atoms with E-state index in [1.807, 2.05) is 4.67 Å². The van der Waals surface area contributed by atoms with Crippen LogP contribution in [-0.2, 0) is 14.3 Å². The van der Waals surface area contributed by atoms with Crippen LogP contribution in [0.3, 0.4) is 0 Å².